The molecule has 0 spiro atoms. The van der Waals surface area contributed by atoms with Gasteiger partial charge in [-0.15, -0.1) is 0 Å². The Balaban J connectivity index is 3.06. The molecule has 0 aliphatic rings. The van der Waals surface area contributed by atoms with Crippen LogP contribution < -0.4 is 0 Å². The average Bonchev–Trinajstić information content (AvgIpc) is 1.90. The Hall–Kier alpha value is -1.04. The van der Waals surface area contributed by atoms with Crippen molar-refractivity contribution in [1.82, 2.24) is 0 Å². The van der Waals surface area contributed by atoms with Crippen molar-refractivity contribution in [2.45, 2.75) is 6.92 Å². The molecule has 0 saturated carbocycles. The van der Waals surface area contributed by atoms with E-state index in [1.807, 2.05) is 19.1 Å². The molecule has 0 fully saturated rings. The van der Waals surface area contributed by atoms with Gasteiger partial charge in [0.1, 0.15) is 0 Å². The first-order chi connectivity index (χ1) is 4.33. The standard InChI is InChI=1S/C8H7O/c1-7-2-4-8(6-9)5-3-7/h2-5H,1H3/q+1. The molecule has 0 amide bonds. The van der Waals surface area contributed by atoms with Crippen LogP contribution in [-0.4, -0.2) is 0 Å². The Morgan fingerprint density at radius 1 is 1.22 bits per heavy atom. The van der Waals surface area contributed by atoms with Gasteiger partial charge in [0.2, 0.25) is 0 Å². The van der Waals surface area contributed by atoms with Gasteiger partial charge in [-0.1, -0.05) is 0 Å². The molecule has 0 aromatic heterocycles. The van der Waals surface area contributed by atoms with Crippen LogP contribution in [0.15, 0.2) is 24.3 Å². The van der Waals surface area contributed by atoms with E-state index in [9.17, 15) is 4.65 Å². The summed E-state index contributed by atoms with van der Waals surface area (Å²) in [4.78, 5) is 0. The van der Waals surface area contributed by atoms with Crippen molar-refractivity contribution < 1.29 is 4.65 Å². The number of hydrogen-bond acceptors (Lipinski definition) is 0. The zero-order valence-electron chi connectivity index (χ0n) is 5.22. The maximum absolute atomic E-state index is 9.99. The fourth-order valence-electron chi connectivity index (χ4n) is 0.622. The van der Waals surface area contributed by atoms with Gasteiger partial charge >= 0.3 is 53.1 Å². The maximum atomic E-state index is 9.99. The van der Waals surface area contributed by atoms with E-state index in [0.717, 1.165) is 5.56 Å². The van der Waals surface area contributed by atoms with E-state index in [-0.39, 0.29) is 0 Å². The van der Waals surface area contributed by atoms with Crippen molar-refractivity contribution in [2.75, 3.05) is 0 Å². The fourth-order valence-corrected chi connectivity index (χ4v) is 0.622. The molecule has 1 nitrogen and oxygen atoms in total. The van der Waals surface area contributed by atoms with E-state index in [1.165, 1.54) is 0 Å². The van der Waals surface area contributed by atoms with Gasteiger partial charge in [-0.2, -0.15) is 0 Å². The summed E-state index contributed by atoms with van der Waals surface area (Å²) in [5.74, 6) is 0. The third-order valence-corrected chi connectivity index (χ3v) is 1.17. The molecule has 0 radical (unpaired) electrons. The summed E-state index contributed by atoms with van der Waals surface area (Å²) in [7, 11) is 0. The molecule has 44 valence electrons. The number of hydrogen-bond donors (Lipinski definition) is 0. The van der Waals surface area contributed by atoms with Crippen molar-refractivity contribution >= 4 is 0 Å². The second-order valence-corrected chi connectivity index (χ2v) is 1.97. The normalized spacial score (nSPS) is 8.44. The summed E-state index contributed by atoms with van der Waals surface area (Å²) in [6.45, 7) is 1.98. The summed E-state index contributed by atoms with van der Waals surface area (Å²) in [6, 6.07) is 7.28. The van der Waals surface area contributed by atoms with Gasteiger partial charge in [-0.05, 0) is 0 Å². The zero-order chi connectivity index (χ0) is 6.69. The number of benzene rings is 1. The van der Waals surface area contributed by atoms with Crippen LogP contribution in [0.3, 0.4) is 0 Å². The van der Waals surface area contributed by atoms with E-state index in [4.69, 9.17) is 0 Å². The van der Waals surface area contributed by atoms with Crippen molar-refractivity contribution in [3.8, 4) is 6.15 Å². The van der Waals surface area contributed by atoms with Gasteiger partial charge < -0.3 is 0 Å². The SMILES string of the molecule is Cc1ccc(C#[O+])cc1. The van der Waals surface area contributed by atoms with Crippen LogP contribution in [0.4, 0.5) is 0 Å². The van der Waals surface area contributed by atoms with Gasteiger partial charge in [0.25, 0.3) is 0 Å². The summed E-state index contributed by atoms with van der Waals surface area (Å²) < 4.78 is 9.99. The molecular formula is C8H7O+. The van der Waals surface area contributed by atoms with E-state index >= 15 is 0 Å². The molecule has 0 N–H and O–H groups in total. The second-order valence-electron chi connectivity index (χ2n) is 1.97. The van der Waals surface area contributed by atoms with Gasteiger partial charge in [0.05, 0.1) is 0 Å². The molecule has 1 rings (SSSR count). The minimum atomic E-state index is 0.612. The topological polar surface area (TPSA) is 19.9 Å². The van der Waals surface area contributed by atoms with Crippen molar-refractivity contribution in [2.24, 2.45) is 0 Å². The Labute approximate surface area is 54.0 Å². The molecule has 0 bridgehead atoms. The summed E-state index contributed by atoms with van der Waals surface area (Å²) in [5, 5.41) is 0. The van der Waals surface area contributed by atoms with Gasteiger partial charge in [0, 0.05) is 0 Å². The van der Waals surface area contributed by atoms with Gasteiger partial charge in [-0.25, -0.2) is 0 Å². The molecule has 9 heavy (non-hydrogen) atoms. The van der Waals surface area contributed by atoms with Crippen molar-refractivity contribution in [3.05, 3.63) is 35.4 Å². The van der Waals surface area contributed by atoms with E-state index in [1.54, 1.807) is 18.3 Å². The average molecular weight is 119 g/mol. The monoisotopic (exact) mass is 119 g/mol. The van der Waals surface area contributed by atoms with Crippen LogP contribution in [0.25, 0.3) is 0 Å². The third-order valence-electron chi connectivity index (χ3n) is 1.17. The Morgan fingerprint density at radius 2 is 1.78 bits per heavy atom. The van der Waals surface area contributed by atoms with E-state index in [0.29, 0.717) is 5.56 Å². The van der Waals surface area contributed by atoms with Crippen LogP contribution in [0.1, 0.15) is 11.1 Å². The first kappa shape index (κ1) is 6.09. The molecule has 0 heterocycles. The Bertz CT molecular complexity index is 228. The Morgan fingerprint density at radius 3 is 2.22 bits per heavy atom. The van der Waals surface area contributed by atoms with Crippen LogP contribution in [0, 0.1) is 13.1 Å². The van der Waals surface area contributed by atoms with Gasteiger partial charge in [-0.3, -0.25) is 0 Å². The quantitative estimate of drug-likeness (QED) is 0.463. The zero-order valence-corrected chi connectivity index (χ0v) is 5.22. The molecule has 0 aliphatic carbocycles. The molecule has 0 atom stereocenters. The van der Waals surface area contributed by atoms with Crippen LogP contribution in [0.5, 0.6) is 0 Å². The summed E-state index contributed by atoms with van der Waals surface area (Å²) >= 11 is 0. The predicted octanol–water partition coefficient (Wildman–Crippen LogP) is 1.73. The van der Waals surface area contributed by atoms with Gasteiger partial charge in [0.15, 0.2) is 0 Å². The second kappa shape index (κ2) is 2.49. The minimum absolute atomic E-state index is 0.612. The van der Waals surface area contributed by atoms with E-state index < -0.39 is 0 Å². The fraction of sp³-hybridized carbons (Fsp3) is 0.125. The number of rotatable bonds is 0. The molecule has 0 saturated heterocycles. The third kappa shape index (κ3) is 1.43. The van der Waals surface area contributed by atoms with Crippen LogP contribution in [0.2, 0.25) is 0 Å². The number of aryl methyl sites for hydroxylation is 1. The molecule has 0 aliphatic heterocycles. The van der Waals surface area contributed by atoms with E-state index in [2.05, 4.69) is 0 Å². The Kier molecular flexibility index (Phi) is 1.69. The van der Waals surface area contributed by atoms with Crippen molar-refractivity contribution in [1.29, 1.82) is 0 Å². The first-order valence-electron chi connectivity index (χ1n) is 2.78. The molecule has 1 aromatic rings. The first-order valence-corrected chi connectivity index (χ1v) is 2.78. The summed E-state index contributed by atoms with van der Waals surface area (Å²) in [6.07, 6.45) is 1.80. The van der Waals surface area contributed by atoms with Crippen LogP contribution >= 0.6 is 0 Å². The molecule has 1 heteroatoms. The van der Waals surface area contributed by atoms with Crippen molar-refractivity contribution in [3.63, 3.8) is 0 Å². The van der Waals surface area contributed by atoms with Crippen LogP contribution in [-0.2, 0) is 4.65 Å². The predicted molar refractivity (Wildman–Crippen MR) is 34.9 cm³/mol. The molecule has 0 unspecified atom stereocenters. The molecular weight excluding hydrogens is 112 g/mol. The summed E-state index contributed by atoms with van der Waals surface area (Å²) in [5.41, 5.74) is 1.77. The molecule has 1 aromatic carbocycles.